The Morgan fingerprint density at radius 3 is 2.94 bits per heavy atom. The van der Waals surface area contributed by atoms with Gasteiger partial charge in [0.15, 0.2) is 0 Å². The van der Waals surface area contributed by atoms with Gasteiger partial charge in [-0.2, -0.15) is 18.6 Å². The van der Waals surface area contributed by atoms with Crippen LogP contribution in [0.3, 0.4) is 0 Å². The van der Waals surface area contributed by atoms with Crippen molar-refractivity contribution in [3.05, 3.63) is 54.0 Å². The van der Waals surface area contributed by atoms with Crippen LogP contribution in [0.25, 0.3) is 0 Å². The molecule has 184 valence electrons. The topological polar surface area (TPSA) is 180 Å². The number of hydrogen-bond donors (Lipinski definition) is 3. The number of rotatable bonds is 8. The molecule has 1 saturated carbocycles. The van der Waals surface area contributed by atoms with Gasteiger partial charge in [0.1, 0.15) is 24.4 Å². The quantitative estimate of drug-likeness (QED) is 0.268. The van der Waals surface area contributed by atoms with E-state index in [1.165, 1.54) is 12.5 Å². The number of aliphatic hydroxyl groups is 1. The van der Waals surface area contributed by atoms with Crippen molar-refractivity contribution >= 4 is 21.9 Å². The average molecular weight is 501 g/mol. The summed E-state index contributed by atoms with van der Waals surface area (Å²) in [6.45, 7) is 0.0648. The normalized spacial score (nSPS) is 19.8. The highest BCUT2D eigenvalue weighted by atomic mass is 32.2. The van der Waals surface area contributed by atoms with Crippen molar-refractivity contribution in [2.75, 3.05) is 11.9 Å². The summed E-state index contributed by atoms with van der Waals surface area (Å²) in [7, 11) is -2.29. The highest BCUT2D eigenvalue weighted by Crippen LogP contribution is 2.29. The van der Waals surface area contributed by atoms with E-state index in [0.29, 0.717) is 25.2 Å². The lowest BCUT2D eigenvalue weighted by Gasteiger charge is -2.15. The van der Waals surface area contributed by atoms with Crippen molar-refractivity contribution in [3.63, 3.8) is 0 Å². The highest BCUT2D eigenvalue weighted by molar-refractivity contribution is 7.84. The zero-order valence-corrected chi connectivity index (χ0v) is 19.6. The molecule has 1 aliphatic rings. The third-order valence-corrected chi connectivity index (χ3v) is 5.92. The zero-order chi connectivity index (χ0) is 25.0. The van der Waals surface area contributed by atoms with Crippen LogP contribution in [0.15, 0.2) is 37.2 Å². The molecule has 35 heavy (non-hydrogen) atoms. The maximum atomic E-state index is 13.1. The molecule has 0 aromatic carbocycles. The molecule has 14 heteroatoms. The number of anilines is 1. The molecule has 0 bridgehead atoms. The van der Waals surface area contributed by atoms with Crippen LogP contribution in [-0.2, 0) is 28.1 Å². The molecule has 3 aromatic rings. The average Bonchev–Trinajstić information content (AvgIpc) is 3.52. The van der Waals surface area contributed by atoms with Gasteiger partial charge in [-0.05, 0) is 18.9 Å². The first-order chi connectivity index (χ1) is 16.7. The van der Waals surface area contributed by atoms with Crippen LogP contribution in [0, 0.1) is 17.8 Å². The molecular weight excluding hydrogens is 476 g/mol. The Morgan fingerprint density at radius 2 is 2.20 bits per heavy atom. The van der Waals surface area contributed by atoms with E-state index in [9.17, 15) is 18.3 Å². The number of hydrogen-bond acceptors (Lipinski definition) is 10. The molecule has 0 amide bonds. The summed E-state index contributed by atoms with van der Waals surface area (Å²) in [4.78, 5) is 21.2. The number of carbonyl (C=O) groups excluding carboxylic acids is 1. The lowest BCUT2D eigenvalue weighted by Crippen LogP contribution is -2.24. The second-order valence-corrected chi connectivity index (χ2v) is 9.36. The zero-order valence-electron chi connectivity index (χ0n) is 18.8. The summed E-state index contributed by atoms with van der Waals surface area (Å²) in [5.74, 6) is 5.44. The van der Waals surface area contributed by atoms with Crippen LogP contribution in [0.4, 0.5) is 5.82 Å². The first kappa shape index (κ1) is 24.5. The molecule has 0 radical (unpaired) electrons. The van der Waals surface area contributed by atoms with Gasteiger partial charge in [-0.15, -0.1) is 0 Å². The molecule has 3 heterocycles. The van der Waals surface area contributed by atoms with Crippen LogP contribution in [0.1, 0.15) is 34.5 Å². The fourth-order valence-corrected chi connectivity index (χ4v) is 4.17. The van der Waals surface area contributed by atoms with Crippen molar-refractivity contribution in [3.8, 4) is 11.8 Å². The van der Waals surface area contributed by atoms with E-state index in [4.69, 9.17) is 5.14 Å². The summed E-state index contributed by atoms with van der Waals surface area (Å²) < 4.78 is 29.9. The van der Waals surface area contributed by atoms with Gasteiger partial charge in [0.2, 0.25) is 5.78 Å². The standard InChI is InChI=1S/C21H24N8O5S/c1-28-11-14(9-25-28)3-2-5-29-6-4-18(27-29)20(31)17-10-23-13-24-21(17)26-16-7-15(19(30)8-16)12-34-35(22,32)33/h4,6,9-11,13,15-16,19,30H,5,7-8,12H2,1H3,(H2,22,32,33)(H,23,24,26)/t15-,16-,19+/m1/s1. The minimum Gasteiger partial charge on any atom is -0.393 e. The third-order valence-electron chi connectivity index (χ3n) is 5.45. The molecule has 3 aromatic heterocycles. The largest absolute Gasteiger partial charge is 0.393 e. The summed E-state index contributed by atoms with van der Waals surface area (Å²) in [6.07, 6.45) is 7.75. The van der Waals surface area contributed by atoms with E-state index in [1.807, 2.05) is 7.05 Å². The second kappa shape index (κ2) is 10.3. The predicted molar refractivity (Wildman–Crippen MR) is 123 cm³/mol. The van der Waals surface area contributed by atoms with Gasteiger partial charge in [-0.3, -0.25) is 18.3 Å². The Hall–Kier alpha value is -3.64. The lowest BCUT2D eigenvalue weighted by atomic mass is 10.1. The number of ketones is 1. The van der Waals surface area contributed by atoms with E-state index in [2.05, 4.69) is 41.5 Å². The van der Waals surface area contributed by atoms with Gasteiger partial charge in [0.25, 0.3) is 0 Å². The van der Waals surface area contributed by atoms with Crippen LogP contribution < -0.4 is 10.5 Å². The molecule has 0 aliphatic heterocycles. The van der Waals surface area contributed by atoms with E-state index >= 15 is 0 Å². The van der Waals surface area contributed by atoms with Crippen LogP contribution in [-0.4, -0.2) is 67.6 Å². The SMILES string of the molecule is Cn1cc(C#CCn2ccc(C(=O)c3cncnc3N[C@@H]3C[C@H](COS(N)(=O)=O)[C@@H](O)C3)n2)cn1. The van der Waals surface area contributed by atoms with Crippen molar-refractivity contribution in [1.82, 2.24) is 29.5 Å². The van der Waals surface area contributed by atoms with Gasteiger partial charge < -0.3 is 10.4 Å². The number of aryl methyl sites for hydroxylation is 1. The summed E-state index contributed by atoms with van der Waals surface area (Å²) in [5, 5.41) is 26.6. The Bertz CT molecular complexity index is 1370. The van der Waals surface area contributed by atoms with E-state index in [0.717, 1.165) is 5.56 Å². The van der Waals surface area contributed by atoms with Crippen molar-refractivity contribution in [2.45, 2.75) is 31.5 Å². The van der Waals surface area contributed by atoms with Gasteiger partial charge >= 0.3 is 10.3 Å². The Kier molecular flexibility index (Phi) is 7.22. The molecule has 4 N–H and O–H groups in total. The summed E-state index contributed by atoms with van der Waals surface area (Å²) >= 11 is 0. The van der Waals surface area contributed by atoms with Crippen LogP contribution in [0.2, 0.25) is 0 Å². The molecule has 1 aliphatic carbocycles. The monoisotopic (exact) mass is 500 g/mol. The van der Waals surface area contributed by atoms with Gasteiger partial charge in [0.05, 0.1) is 30.0 Å². The third kappa shape index (κ3) is 6.49. The molecular formula is C21H24N8O5S. The first-order valence-electron chi connectivity index (χ1n) is 10.7. The number of carbonyl (C=O) groups is 1. The lowest BCUT2D eigenvalue weighted by molar-refractivity contribution is 0.101. The minimum absolute atomic E-state index is 0.205. The van der Waals surface area contributed by atoms with Gasteiger partial charge in [-0.25, -0.2) is 15.1 Å². The Balaban J connectivity index is 1.41. The summed E-state index contributed by atoms with van der Waals surface area (Å²) in [6, 6.07) is 1.32. The molecule has 1 fully saturated rings. The highest BCUT2D eigenvalue weighted by Gasteiger charge is 2.34. The van der Waals surface area contributed by atoms with Crippen molar-refractivity contribution in [1.29, 1.82) is 0 Å². The van der Waals surface area contributed by atoms with Crippen LogP contribution >= 0.6 is 0 Å². The maximum absolute atomic E-state index is 13.1. The van der Waals surface area contributed by atoms with E-state index < -0.39 is 22.3 Å². The van der Waals surface area contributed by atoms with E-state index in [1.54, 1.807) is 34.0 Å². The fraction of sp³-hybridized carbons (Fsp3) is 0.381. The first-order valence-corrected chi connectivity index (χ1v) is 12.1. The maximum Gasteiger partial charge on any atom is 0.333 e. The minimum atomic E-state index is -4.10. The molecule has 13 nitrogen and oxygen atoms in total. The number of nitrogens with zero attached hydrogens (tertiary/aromatic N) is 6. The van der Waals surface area contributed by atoms with Crippen LogP contribution in [0.5, 0.6) is 0 Å². The number of nitrogens with two attached hydrogens (primary N) is 1. The molecule has 0 spiro atoms. The molecule has 3 atom stereocenters. The number of aromatic nitrogens is 6. The van der Waals surface area contributed by atoms with Gasteiger partial charge in [-0.1, -0.05) is 11.8 Å². The van der Waals surface area contributed by atoms with Gasteiger partial charge in [0, 0.05) is 37.6 Å². The molecule has 4 rings (SSSR count). The molecule has 0 unspecified atom stereocenters. The predicted octanol–water partition coefficient (Wildman–Crippen LogP) is -0.539. The Labute approximate surface area is 201 Å². The smallest absolute Gasteiger partial charge is 0.333 e. The fourth-order valence-electron chi connectivity index (χ4n) is 3.80. The Morgan fingerprint density at radius 1 is 1.37 bits per heavy atom. The van der Waals surface area contributed by atoms with E-state index in [-0.39, 0.29) is 29.7 Å². The number of nitrogens with one attached hydrogen (secondary N) is 1. The van der Waals surface area contributed by atoms with Crippen molar-refractivity contribution < 1.29 is 22.5 Å². The second-order valence-electron chi connectivity index (χ2n) is 8.13. The summed E-state index contributed by atoms with van der Waals surface area (Å²) in [5.41, 5.74) is 1.21. The van der Waals surface area contributed by atoms with Crippen molar-refractivity contribution in [2.24, 2.45) is 18.1 Å². The molecule has 0 saturated heterocycles. The number of aliphatic hydroxyl groups excluding tert-OH is 1.